The van der Waals surface area contributed by atoms with E-state index in [1.54, 1.807) is 12.4 Å². The van der Waals surface area contributed by atoms with Crippen molar-refractivity contribution in [1.82, 2.24) is 24.3 Å². The molecule has 0 atom stereocenters. The highest BCUT2D eigenvalue weighted by Gasteiger charge is 2.07. The van der Waals surface area contributed by atoms with E-state index < -0.39 is 0 Å². The molecule has 17 heavy (non-hydrogen) atoms. The maximum absolute atomic E-state index is 5.31. The number of aryl methyl sites for hydroxylation is 1. The smallest absolute Gasteiger partial charge is 0.179 e. The molecule has 0 aliphatic heterocycles. The summed E-state index contributed by atoms with van der Waals surface area (Å²) in [5.41, 5.74) is 2.92. The molecule has 3 heterocycles. The van der Waals surface area contributed by atoms with Crippen molar-refractivity contribution in [3.8, 4) is 0 Å². The summed E-state index contributed by atoms with van der Waals surface area (Å²) in [6, 6.07) is 5.84. The molecule has 0 saturated carbocycles. The summed E-state index contributed by atoms with van der Waals surface area (Å²) in [6.45, 7) is 0.673. The topological polar surface area (TPSA) is 51.4 Å². The van der Waals surface area contributed by atoms with Crippen LogP contribution in [0.15, 0.2) is 30.6 Å². The van der Waals surface area contributed by atoms with E-state index in [2.05, 4.69) is 15.1 Å². The highest BCUT2D eigenvalue weighted by atomic mass is 32.1. The minimum Gasteiger partial charge on any atom is -0.329 e. The third-order valence-electron chi connectivity index (χ3n) is 2.77. The summed E-state index contributed by atoms with van der Waals surface area (Å²) >= 11 is 5.31. The van der Waals surface area contributed by atoms with Gasteiger partial charge in [0.05, 0.1) is 17.8 Å². The average Bonchev–Trinajstić information content (AvgIpc) is 2.85. The van der Waals surface area contributed by atoms with Gasteiger partial charge in [0.15, 0.2) is 10.4 Å². The Morgan fingerprint density at radius 2 is 2.24 bits per heavy atom. The largest absolute Gasteiger partial charge is 0.329 e. The van der Waals surface area contributed by atoms with Crippen molar-refractivity contribution in [2.45, 2.75) is 6.54 Å². The minimum absolute atomic E-state index is 0.673. The molecule has 86 valence electrons. The van der Waals surface area contributed by atoms with Crippen LogP contribution in [-0.4, -0.2) is 24.3 Å². The van der Waals surface area contributed by atoms with Crippen LogP contribution in [0, 0.1) is 4.77 Å². The highest BCUT2D eigenvalue weighted by molar-refractivity contribution is 7.71. The molecule has 0 unspecified atom stereocenters. The molecule has 1 N–H and O–H groups in total. The molecule has 0 aliphatic rings. The molecule has 6 heteroatoms. The summed E-state index contributed by atoms with van der Waals surface area (Å²) in [6.07, 6.45) is 3.55. The van der Waals surface area contributed by atoms with Gasteiger partial charge in [-0.2, -0.15) is 5.10 Å². The van der Waals surface area contributed by atoms with Gasteiger partial charge in [0.25, 0.3) is 0 Å². The van der Waals surface area contributed by atoms with E-state index in [-0.39, 0.29) is 0 Å². The van der Waals surface area contributed by atoms with Gasteiger partial charge in [-0.05, 0) is 30.4 Å². The number of aromatic nitrogens is 5. The zero-order chi connectivity index (χ0) is 11.8. The van der Waals surface area contributed by atoms with Crippen molar-refractivity contribution < 1.29 is 0 Å². The number of fused-ring (bicyclic) bond motifs is 1. The van der Waals surface area contributed by atoms with Gasteiger partial charge in [-0.3, -0.25) is 9.25 Å². The van der Waals surface area contributed by atoms with Crippen LogP contribution in [0.5, 0.6) is 0 Å². The first-order valence-corrected chi connectivity index (χ1v) is 5.67. The molecular formula is C11H11N5S. The van der Waals surface area contributed by atoms with Gasteiger partial charge in [0.2, 0.25) is 0 Å². The van der Waals surface area contributed by atoms with E-state index in [0.717, 1.165) is 16.9 Å². The number of pyridine rings is 1. The van der Waals surface area contributed by atoms with Gasteiger partial charge in [0.1, 0.15) is 0 Å². The highest BCUT2D eigenvalue weighted by Crippen LogP contribution is 2.12. The molecule has 0 saturated heterocycles. The lowest BCUT2D eigenvalue weighted by Gasteiger charge is -2.04. The van der Waals surface area contributed by atoms with Crippen molar-refractivity contribution in [1.29, 1.82) is 0 Å². The van der Waals surface area contributed by atoms with Gasteiger partial charge in [-0.15, -0.1) is 0 Å². The van der Waals surface area contributed by atoms with Crippen LogP contribution < -0.4 is 0 Å². The number of rotatable bonds is 2. The molecule has 0 bridgehead atoms. The molecule has 5 nitrogen and oxygen atoms in total. The van der Waals surface area contributed by atoms with Crippen LogP contribution in [0.3, 0.4) is 0 Å². The van der Waals surface area contributed by atoms with Crippen molar-refractivity contribution in [2.24, 2.45) is 7.05 Å². The normalized spacial score (nSPS) is 11.1. The molecule has 0 spiro atoms. The second kappa shape index (κ2) is 3.81. The lowest BCUT2D eigenvalue weighted by atomic mass is 10.4. The maximum atomic E-state index is 5.31. The molecule has 3 rings (SSSR count). The number of H-pyrrole nitrogens is 1. The van der Waals surface area contributed by atoms with Gasteiger partial charge >= 0.3 is 0 Å². The van der Waals surface area contributed by atoms with Crippen molar-refractivity contribution in [3.05, 3.63) is 41.1 Å². The summed E-state index contributed by atoms with van der Waals surface area (Å²) in [5, 5.41) is 4.15. The number of imidazole rings is 1. The molecular weight excluding hydrogens is 234 g/mol. The number of hydrogen-bond donors (Lipinski definition) is 1. The molecule has 0 radical (unpaired) electrons. The first kappa shape index (κ1) is 10.2. The summed E-state index contributed by atoms with van der Waals surface area (Å²) in [7, 11) is 1.92. The van der Waals surface area contributed by atoms with E-state index in [4.69, 9.17) is 12.2 Å². The van der Waals surface area contributed by atoms with Crippen LogP contribution in [0.1, 0.15) is 5.69 Å². The van der Waals surface area contributed by atoms with Crippen molar-refractivity contribution in [3.63, 3.8) is 0 Å². The van der Waals surface area contributed by atoms with Crippen molar-refractivity contribution >= 4 is 23.4 Å². The van der Waals surface area contributed by atoms with E-state index in [1.165, 1.54) is 0 Å². The predicted molar refractivity (Wildman–Crippen MR) is 67.2 cm³/mol. The molecule has 0 aliphatic carbocycles. The van der Waals surface area contributed by atoms with E-state index in [1.807, 2.05) is 34.5 Å². The second-order valence-electron chi connectivity index (χ2n) is 3.84. The molecule has 3 aromatic rings. The molecule has 0 fully saturated rings. The SMILES string of the molecule is Cn1nccc1Cn1c(=S)[nH]c2cccnc21. The standard InChI is InChI=1S/C11H11N5S/c1-15-8(4-6-13-15)7-16-10-9(14-11(16)17)3-2-5-12-10/h2-6H,7H2,1H3,(H,14,17). The number of nitrogens with zero attached hydrogens (tertiary/aromatic N) is 4. The van der Waals surface area contributed by atoms with Gasteiger partial charge in [-0.25, -0.2) is 4.98 Å². The third kappa shape index (κ3) is 1.66. The first-order chi connectivity index (χ1) is 8.25. The Kier molecular flexibility index (Phi) is 2.29. The van der Waals surface area contributed by atoms with E-state index in [0.29, 0.717) is 11.3 Å². The number of nitrogens with one attached hydrogen (secondary N) is 1. The lowest BCUT2D eigenvalue weighted by molar-refractivity contribution is 0.668. The van der Waals surface area contributed by atoms with Crippen molar-refractivity contribution in [2.75, 3.05) is 0 Å². The Labute approximate surface area is 103 Å². The Morgan fingerprint density at radius 1 is 1.35 bits per heavy atom. The zero-order valence-electron chi connectivity index (χ0n) is 9.29. The Hall–Kier alpha value is -1.95. The lowest BCUT2D eigenvalue weighted by Crippen LogP contribution is -2.06. The van der Waals surface area contributed by atoms with E-state index >= 15 is 0 Å². The van der Waals surface area contributed by atoms with Gasteiger partial charge in [0, 0.05) is 19.4 Å². The molecule has 3 aromatic heterocycles. The van der Waals surface area contributed by atoms with Crippen LogP contribution in [-0.2, 0) is 13.6 Å². The third-order valence-corrected chi connectivity index (χ3v) is 3.09. The van der Waals surface area contributed by atoms with Crippen LogP contribution >= 0.6 is 12.2 Å². The summed E-state index contributed by atoms with van der Waals surface area (Å²) in [4.78, 5) is 7.49. The fourth-order valence-corrected chi connectivity index (χ4v) is 2.11. The van der Waals surface area contributed by atoms with Crippen LogP contribution in [0.25, 0.3) is 11.2 Å². The Bertz CT molecular complexity index is 721. The number of aromatic amines is 1. The van der Waals surface area contributed by atoms with Gasteiger partial charge < -0.3 is 4.98 Å². The maximum Gasteiger partial charge on any atom is 0.179 e. The molecule has 0 aromatic carbocycles. The number of hydrogen-bond acceptors (Lipinski definition) is 3. The fourth-order valence-electron chi connectivity index (χ4n) is 1.85. The van der Waals surface area contributed by atoms with E-state index in [9.17, 15) is 0 Å². The quantitative estimate of drug-likeness (QED) is 0.701. The predicted octanol–water partition coefficient (Wildman–Crippen LogP) is 1.88. The monoisotopic (exact) mass is 245 g/mol. The molecule has 0 amide bonds. The summed E-state index contributed by atoms with van der Waals surface area (Å²) in [5.74, 6) is 0. The fraction of sp³-hybridized carbons (Fsp3) is 0.182. The first-order valence-electron chi connectivity index (χ1n) is 5.26. The average molecular weight is 245 g/mol. The minimum atomic E-state index is 0.673. The zero-order valence-corrected chi connectivity index (χ0v) is 10.1. The summed E-state index contributed by atoms with van der Waals surface area (Å²) < 4.78 is 4.49. The van der Waals surface area contributed by atoms with Gasteiger partial charge in [-0.1, -0.05) is 0 Å². The van der Waals surface area contributed by atoms with Crippen LogP contribution in [0.4, 0.5) is 0 Å². The Morgan fingerprint density at radius 3 is 3.00 bits per heavy atom. The van der Waals surface area contributed by atoms with Crippen LogP contribution in [0.2, 0.25) is 0 Å². The Balaban J connectivity index is 2.15. The second-order valence-corrected chi connectivity index (χ2v) is 4.22.